The molecule has 2 aromatic heterocycles. The summed E-state index contributed by atoms with van der Waals surface area (Å²) < 4.78 is 14.6. The topological polar surface area (TPSA) is 93.9 Å². The molecule has 3 aromatic rings. The van der Waals surface area contributed by atoms with Crippen molar-refractivity contribution in [1.29, 1.82) is 0 Å². The third-order valence-electron chi connectivity index (χ3n) is 3.78. The highest BCUT2D eigenvalue weighted by atomic mass is 32.2. The van der Waals surface area contributed by atoms with Gasteiger partial charge in [-0.1, -0.05) is 29.1 Å². The number of fused-ring (bicyclic) bond motifs is 1. The van der Waals surface area contributed by atoms with E-state index in [4.69, 9.17) is 0 Å². The fraction of sp³-hybridized carbons (Fsp3) is 0.294. The Bertz CT molecular complexity index is 989. The lowest BCUT2D eigenvalue weighted by Gasteiger charge is -2.17. The van der Waals surface area contributed by atoms with E-state index >= 15 is 0 Å². The number of rotatable bonds is 6. The van der Waals surface area contributed by atoms with Gasteiger partial charge in [-0.05, 0) is 24.6 Å². The van der Waals surface area contributed by atoms with Crippen LogP contribution in [0.15, 0.2) is 35.6 Å². The minimum atomic E-state index is -0.916. The second-order valence-electron chi connectivity index (χ2n) is 6.07. The Morgan fingerprint density at radius 3 is 2.56 bits per heavy atom. The lowest BCUT2D eigenvalue weighted by atomic mass is 10.2. The molecule has 140 valence electrons. The molecule has 1 aromatic carbocycles. The standard InChI is InChI=1S/C17H17FN6O2S/c1-10(25)14(17(26)23(2)3)27-16-13-15(19-9-20-16)24(22-21-13)8-11-4-6-12(18)7-5-11/h4-7,9,14H,8H2,1-3H3. The third-order valence-corrected chi connectivity index (χ3v) is 5.07. The maximum absolute atomic E-state index is 13.1. The zero-order valence-corrected chi connectivity index (χ0v) is 15.8. The molecule has 8 nitrogen and oxygen atoms in total. The van der Waals surface area contributed by atoms with Crippen LogP contribution in [0.5, 0.6) is 0 Å². The van der Waals surface area contributed by atoms with Crippen LogP contribution in [0.3, 0.4) is 0 Å². The van der Waals surface area contributed by atoms with Gasteiger partial charge in [-0.15, -0.1) is 5.10 Å². The van der Waals surface area contributed by atoms with Gasteiger partial charge in [0, 0.05) is 14.1 Å². The number of carbonyl (C=O) groups excluding carboxylic acids is 2. The number of benzene rings is 1. The molecule has 1 amide bonds. The van der Waals surface area contributed by atoms with Gasteiger partial charge in [0.05, 0.1) is 6.54 Å². The molecule has 0 N–H and O–H groups in total. The lowest BCUT2D eigenvalue weighted by molar-refractivity contribution is -0.132. The van der Waals surface area contributed by atoms with Gasteiger partial charge in [0.1, 0.15) is 22.4 Å². The summed E-state index contributed by atoms with van der Waals surface area (Å²) in [6.07, 6.45) is 1.34. The van der Waals surface area contributed by atoms with Crippen LogP contribution < -0.4 is 0 Å². The van der Waals surface area contributed by atoms with E-state index in [0.717, 1.165) is 17.3 Å². The SMILES string of the molecule is CC(=O)C(Sc1ncnc2c1nnn2Cc1ccc(F)cc1)C(=O)N(C)C. The Morgan fingerprint density at radius 1 is 1.22 bits per heavy atom. The van der Waals surface area contributed by atoms with Crippen LogP contribution in [0.25, 0.3) is 11.2 Å². The number of ketones is 1. The lowest BCUT2D eigenvalue weighted by Crippen LogP contribution is -2.36. The summed E-state index contributed by atoms with van der Waals surface area (Å²) in [6.45, 7) is 1.72. The summed E-state index contributed by atoms with van der Waals surface area (Å²) in [4.78, 5) is 33.9. The maximum atomic E-state index is 13.1. The van der Waals surface area contributed by atoms with Crippen LogP contribution in [-0.2, 0) is 16.1 Å². The van der Waals surface area contributed by atoms with Crippen molar-refractivity contribution < 1.29 is 14.0 Å². The quantitative estimate of drug-likeness (QED) is 0.359. The van der Waals surface area contributed by atoms with Gasteiger partial charge in [0.25, 0.3) is 0 Å². The van der Waals surface area contributed by atoms with E-state index in [1.165, 1.54) is 30.3 Å². The molecule has 27 heavy (non-hydrogen) atoms. The maximum Gasteiger partial charge on any atom is 0.243 e. The second-order valence-corrected chi connectivity index (χ2v) is 7.16. The fourth-order valence-corrected chi connectivity index (χ4v) is 3.43. The molecular formula is C17H17FN6O2S. The van der Waals surface area contributed by atoms with Crippen LogP contribution in [0.1, 0.15) is 12.5 Å². The van der Waals surface area contributed by atoms with Crippen molar-refractivity contribution in [2.75, 3.05) is 14.1 Å². The molecule has 0 fully saturated rings. The number of nitrogens with zero attached hydrogens (tertiary/aromatic N) is 6. The Kier molecular flexibility index (Phi) is 5.45. The molecule has 10 heteroatoms. The van der Waals surface area contributed by atoms with Gasteiger partial charge in [-0.2, -0.15) is 0 Å². The zero-order chi connectivity index (χ0) is 19.6. The Balaban J connectivity index is 1.92. The van der Waals surface area contributed by atoms with Crippen molar-refractivity contribution in [2.45, 2.75) is 23.7 Å². The molecule has 0 radical (unpaired) electrons. The summed E-state index contributed by atoms with van der Waals surface area (Å²) in [6, 6.07) is 6.05. The first-order valence-corrected chi connectivity index (χ1v) is 8.91. The van der Waals surface area contributed by atoms with Crippen molar-refractivity contribution in [1.82, 2.24) is 29.9 Å². The molecule has 1 atom stereocenters. The van der Waals surface area contributed by atoms with Gasteiger partial charge < -0.3 is 4.90 Å². The monoisotopic (exact) mass is 388 g/mol. The van der Waals surface area contributed by atoms with E-state index in [1.807, 2.05) is 0 Å². The first-order valence-electron chi connectivity index (χ1n) is 8.03. The van der Waals surface area contributed by atoms with E-state index in [-0.39, 0.29) is 17.5 Å². The predicted molar refractivity (Wildman–Crippen MR) is 97.6 cm³/mol. The normalized spacial score (nSPS) is 12.1. The first kappa shape index (κ1) is 18.9. The molecular weight excluding hydrogens is 371 g/mol. The number of halogens is 1. The van der Waals surface area contributed by atoms with Gasteiger partial charge in [-0.3, -0.25) is 9.59 Å². The number of thioether (sulfide) groups is 1. The number of hydrogen-bond donors (Lipinski definition) is 0. The molecule has 0 saturated carbocycles. The van der Waals surface area contributed by atoms with Crippen molar-refractivity contribution in [3.63, 3.8) is 0 Å². The molecule has 0 saturated heterocycles. The highest BCUT2D eigenvalue weighted by Gasteiger charge is 2.28. The van der Waals surface area contributed by atoms with E-state index in [9.17, 15) is 14.0 Å². The minimum Gasteiger partial charge on any atom is -0.347 e. The van der Waals surface area contributed by atoms with Gasteiger partial charge in [-0.25, -0.2) is 19.0 Å². The summed E-state index contributed by atoms with van der Waals surface area (Å²) in [5, 5.41) is 7.68. The Morgan fingerprint density at radius 2 is 1.93 bits per heavy atom. The smallest absolute Gasteiger partial charge is 0.243 e. The number of amides is 1. The van der Waals surface area contributed by atoms with Gasteiger partial charge >= 0.3 is 0 Å². The van der Waals surface area contributed by atoms with Crippen LogP contribution in [0, 0.1) is 5.82 Å². The Labute approximate surface area is 158 Å². The van der Waals surface area contributed by atoms with Gasteiger partial charge in [0.15, 0.2) is 16.9 Å². The van der Waals surface area contributed by atoms with Crippen LogP contribution in [0.2, 0.25) is 0 Å². The summed E-state index contributed by atoms with van der Waals surface area (Å²) in [5.41, 5.74) is 1.71. The van der Waals surface area contributed by atoms with Crippen molar-refractivity contribution in [3.05, 3.63) is 42.0 Å². The summed E-state index contributed by atoms with van der Waals surface area (Å²) in [7, 11) is 3.18. The summed E-state index contributed by atoms with van der Waals surface area (Å²) in [5.74, 6) is -0.911. The van der Waals surface area contributed by atoms with Crippen molar-refractivity contribution in [3.8, 4) is 0 Å². The number of hydrogen-bond acceptors (Lipinski definition) is 7. The molecule has 0 aliphatic rings. The van der Waals surface area contributed by atoms with Gasteiger partial charge in [0.2, 0.25) is 5.91 Å². The molecule has 0 spiro atoms. The second kappa shape index (κ2) is 7.78. The number of aromatic nitrogens is 5. The summed E-state index contributed by atoms with van der Waals surface area (Å²) >= 11 is 1.03. The first-order chi connectivity index (χ1) is 12.9. The van der Waals surface area contributed by atoms with Crippen molar-refractivity contribution >= 4 is 34.6 Å². The molecule has 3 rings (SSSR count). The highest BCUT2D eigenvalue weighted by Crippen LogP contribution is 2.28. The van der Waals surface area contributed by atoms with E-state index in [2.05, 4.69) is 20.3 Å². The molecule has 0 aliphatic carbocycles. The largest absolute Gasteiger partial charge is 0.347 e. The zero-order valence-electron chi connectivity index (χ0n) is 15.0. The average molecular weight is 388 g/mol. The highest BCUT2D eigenvalue weighted by molar-refractivity contribution is 8.01. The van der Waals surface area contributed by atoms with E-state index in [0.29, 0.717) is 22.7 Å². The van der Waals surface area contributed by atoms with Crippen LogP contribution >= 0.6 is 11.8 Å². The predicted octanol–water partition coefficient (Wildman–Crippen LogP) is 1.55. The third kappa shape index (κ3) is 4.11. The number of carbonyl (C=O) groups is 2. The molecule has 0 bridgehead atoms. The van der Waals surface area contributed by atoms with Crippen LogP contribution in [0.4, 0.5) is 4.39 Å². The number of Topliss-reactive ketones (excluding diaryl/α,β-unsaturated/α-hetero) is 1. The van der Waals surface area contributed by atoms with E-state index in [1.54, 1.807) is 30.9 Å². The van der Waals surface area contributed by atoms with Crippen molar-refractivity contribution in [2.24, 2.45) is 0 Å². The van der Waals surface area contributed by atoms with E-state index < -0.39 is 5.25 Å². The minimum absolute atomic E-state index is 0.274. The molecule has 1 unspecified atom stereocenters. The average Bonchev–Trinajstić information content (AvgIpc) is 3.04. The fourth-order valence-electron chi connectivity index (χ4n) is 2.38. The molecule has 0 aliphatic heterocycles. The molecule has 2 heterocycles. The Hall–Kier alpha value is -2.88. The van der Waals surface area contributed by atoms with Crippen LogP contribution in [-0.4, -0.2) is 60.9 Å².